The number of anilines is 1. The number of hydrogen-bond acceptors (Lipinski definition) is 4. The van der Waals surface area contributed by atoms with Gasteiger partial charge in [-0.2, -0.15) is 0 Å². The van der Waals surface area contributed by atoms with Gasteiger partial charge in [0.2, 0.25) is 0 Å². The van der Waals surface area contributed by atoms with Crippen molar-refractivity contribution in [1.82, 2.24) is 5.32 Å². The molecule has 1 aliphatic rings. The largest absolute Gasteiger partial charge is 0.335 e. The lowest BCUT2D eigenvalue weighted by Gasteiger charge is -2.16. The third kappa shape index (κ3) is 1.93. The third-order valence-corrected chi connectivity index (χ3v) is 3.32. The number of rotatable bonds is 1. The fourth-order valence-corrected chi connectivity index (χ4v) is 2.63. The normalized spacial score (nSPS) is 13.8. The van der Waals surface area contributed by atoms with Gasteiger partial charge in [0.1, 0.15) is 14.3 Å². The molecule has 1 heterocycles. The summed E-state index contributed by atoms with van der Waals surface area (Å²) < 4.78 is 0.114. The quantitative estimate of drug-likeness (QED) is 0.352. The molecule has 0 unspecified atom stereocenters. The van der Waals surface area contributed by atoms with Crippen molar-refractivity contribution in [2.45, 2.75) is 0 Å². The first kappa shape index (κ1) is 12.0. The number of hydrogen-bond donors (Lipinski definition) is 1. The first-order valence-corrected chi connectivity index (χ1v) is 5.61. The Morgan fingerprint density at radius 1 is 1.47 bits per heavy atom. The summed E-state index contributed by atoms with van der Waals surface area (Å²) in [6.45, 7) is 0. The van der Waals surface area contributed by atoms with Crippen LogP contribution in [0.5, 0.6) is 0 Å². The van der Waals surface area contributed by atoms with E-state index in [1.165, 1.54) is 6.07 Å². The van der Waals surface area contributed by atoms with Crippen molar-refractivity contribution < 1.29 is 14.5 Å². The summed E-state index contributed by atoms with van der Waals surface area (Å²) in [5, 5.41) is 16.4. The van der Waals surface area contributed by atoms with Gasteiger partial charge in [-0.1, -0.05) is 11.6 Å². The van der Waals surface area contributed by atoms with Crippen LogP contribution in [0.1, 0.15) is 0 Å². The van der Waals surface area contributed by atoms with Crippen LogP contribution in [-0.4, -0.2) is 16.7 Å². The van der Waals surface area contributed by atoms with E-state index >= 15 is 0 Å². The van der Waals surface area contributed by atoms with Crippen LogP contribution in [0.15, 0.2) is 6.07 Å². The van der Waals surface area contributed by atoms with E-state index in [4.69, 9.17) is 11.6 Å². The molecule has 0 atom stereocenters. The van der Waals surface area contributed by atoms with E-state index < -0.39 is 16.7 Å². The number of nitrogens with one attached hydrogen (secondary N) is 1. The van der Waals surface area contributed by atoms with Crippen LogP contribution in [0.4, 0.5) is 17.1 Å². The Morgan fingerprint density at radius 2 is 2.12 bits per heavy atom. The zero-order chi connectivity index (χ0) is 12.7. The minimum absolute atomic E-state index is 0.0614. The Kier molecular flexibility index (Phi) is 2.91. The van der Waals surface area contributed by atoms with Crippen molar-refractivity contribution >= 4 is 63.1 Å². The van der Waals surface area contributed by atoms with Gasteiger partial charge in [0.25, 0.3) is 0 Å². The van der Waals surface area contributed by atoms with Crippen molar-refractivity contribution in [3.63, 3.8) is 0 Å². The Balaban J connectivity index is 2.67. The van der Waals surface area contributed by atoms with E-state index in [-0.39, 0.29) is 25.7 Å². The molecule has 0 spiro atoms. The van der Waals surface area contributed by atoms with Gasteiger partial charge in [0, 0.05) is 0 Å². The maximum atomic E-state index is 11.1. The third-order valence-electron chi connectivity index (χ3n) is 2.01. The number of carbonyl (C=O) groups is 2. The molecule has 1 N–H and O–H groups in total. The summed E-state index contributed by atoms with van der Waals surface area (Å²) in [5.41, 5.74) is -0.0837. The molecular weight excluding hydrogens is 364 g/mol. The maximum Gasteiger partial charge on any atom is 0.335 e. The van der Waals surface area contributed by atoms with E-state index in [0.717, 1.165) is 0 Å². The lowest BCUT2D eigenvalue weighted by molar-refractivity contribution is -0.385. The van der Waals surface area contributed by atoms with Gasteiger partial charge < -0.3 is 5.32 Å². The lowest BCUT2D eigenvalue weighted by Crippen LogP contribution is -2.33. The SMILES string of the molecule is O=C1[N]c2c(cc(Cl)c([N+](=O)[O-])c2I)NC1=O. The van der Waals surface area contributed by atoms with Crippen LogP contribution in [0.2, 0.25) is 5.02 Å². The van der Waals surface area contributed by atoms with Crippen molar-refractivity contribution in [3.8, 4) is 0 Å². The molecule has 1 radical (unpaired) electrons. The second-order valence-corrected chi connectivity index (χ2v) is 4.53. The first-order chi connectivity index (χ1) is 7.91. The van der Waals surface area contributed by atoms with E-state index in [1.54, 1.807) is 22.6 Å². The van der Waals surface area contributed by atoms with Crippen LogP contribution in [0, 0.1) is 13.7 Å². The van der Waals surface area contributed by atoms with E-state index in [9.17, 15) is 19.7 Å². The van der Waals surface area contributed by atoms with Crippen LogP contribution in [0.25, 0.3) is 0 Å². The summed E-state index contributed by atoms with van der Waals surface area (Å²) in [6, 6.07) is 1.20. The number of nitro benzene ring substituents is 1. The fourth-order valence-electron chi connectivity index (χ4n) is 1.30. The zero-order valence-electron chi connectivity index (χ0n) is 7.86. The molecule has 0 fully saturated rings. The molecule has 2 rings (SSSR count). The predicted molar refractivity (Wildman–Crippen MR) is 66.3 cm³/mol. The summed E-state index contributed by atoms with van der Waals surface area (Å²) in [5.74, 6) is -1.88. The number of fused-ring (bicyclic) bond motifs is 1. The van der Waals surface area contributed by atoms with Crippen LogP contribution in [-0.2, 0) is 9.59 Å². The predicted octanol–water partition coefficient (Wildman–Crippen LogP) is 1.57. The van der Waals surface area contributed by atoms with Crippen LogP contribution >= 0.6 is 34.2 Å². The second-order valence-electron chi connectivity index (χ2n) is 3.05. The minimum atomic E-state index is -0.993. The zero-order valence-corrected chi connectivity index (χ0v) is 10.8. The second kappa shape index (κ2) is 4.11. The molecule has 1 aromatic rings. The summed E-state index contributed by atoms with van der Waals surface area (Å²) in [7, 11) is 0. The van der Waals surface area contributed by atoms with Crippen LogP contribution in [0.3, 0.4) is 0 Å². The molecule has 0 aromatic heterocycles. The van der Waals surface area contributed by atoms with Crippen molar-refractivity contribution in [1.29, 1.82) is 0 Å². The lowest BCUT2D eigenvalue weighted by atomic mass is 10.2. The number of benzene rings is 1. The summed E-state index contributed by atoms with van der Waals surface area (Å²) in [4.78, 5) is 32.3. The number of nitro groups is 1. The molecular formula is C8H2ClIN3O4. The van der Waals surface area contributed by atoms with Gasteiger partial charge in [-0.25, -0.2) is 5.32 Å². The van der Waals surface area contributed by atoms with Crippen molar-refractivity contribution in [2.24, 2.45) is 0 Å². The Labute approximate surface area is 113 Å². The highest BCUT2D eigenvalue weighted by atomic mass is 127. The highest BCUT2D eigenvalue weighted by Gasteiger charge is 2.32. The Morgan fingerprint density at radius 3 is 2.71 bits per heavy atom. The van der Waals surface area contributed by atoms with E-state index in [2.05, 4.69) is 10.6 Å². The van der Waals surface area contributed by atoms with Crippen molar-refractivity contribution in [2.75, 3.05) is 5.32 Å². The smallest absolute Gasteiger partial charge is 0.316 e. The molecule has 17 heavy (non-hydrogen) atoms. The molecule has 1 aromatic carbocycles. The first-order valence-electron chi connectivity index (χ1n) is 4.15. The monoisotopic (exact) mass is 366 g/mol. The fraction of sp³-hybridized carbons (Fsp3) is 0. The van der Waals surface area contributed by atoms with Crippen molar-refractivity contribution in [3.05, 3.63) is 24.8 Å². The molecule has 0 bridgehead atoms. The molecule has 0 saturated heterocycles. The molecule has 87 valence electrons. The van der Waals surface area contributed by atoms with Gasteiger partial charge >= 0.3 is 17.5 Å². The number of amides is 2. The molecule has 0 aliphatic carbocycles. The Hall–Kier alpha value is -1.42. The number of nitrogens with zero attached hydrogens (tertiary/aromatic N) is 2. The maximum absolute atomic E-state index is 11.1. The molecule has 1 aliphatic heterocycles. The molecule has 2 amide bonds. The topological polar surface area (TPSA) is 103 Å². The van der Waals surface area contributed by atoms with Gasteiger partial charge in [0.05, 0.1) is 10.6 Å². The standard InChI is InChI=1S/C8H2ClIN3O4/c9-2-1-3-5(4(10)6(2)13(16)17)12-8(15)7(14)11-3/h1H,(H,11,14). The van der Waals surface area contributed by atoms with Gasteiger partial charge in [-0.05, 0) is 28.7 Å². The highest BCUT2D eigenvalue weighted by molar-refractivity contribution is 14.1. The van der Waals surface area contributed by atoms with Gasteiger partial charge in [-0.15, -0.1) is 0 Å². The highest BCUT2D eigenvalue weighted by Crippen LogP contribution is 2.41. The molecule has 0 saturated carbocycles. The summed E-state index contributed by atoms with van der Waals surface area (Å²) in [6.07, 6.45) is 0. The number of carbonyl (C=O) groups excluding carboxylic acids is 2. The average molecular weight is 366 g/mol. The average Bonchev–Trinajstić information content (AvgIpc) is 2.21. The van der Waals surface area contributed by atoms with E-state index in [1.807, 2.05) is 0 Å². The van der Waals surface area contributed by atoms with E-state index in [0.29, 0.717) is 0 Å². The summed E-state index contributed by atoms with van der Waals surface area (Å²) >= 11 is 7.38. The van der Waals surface area contributed by atoms with Gasteiger partial charge in [0.15, 0.2) is 0 Å². The van der Waals surface area contributed by atoms with Gasteiger partial charge in [-0.3, -0.25) is 19.7 Å². The van der Waals surface area contributed by atoms with Crippen LogP contribution < -0.4 is 10.6 Å². The number of halogens is 2. The molecule has 9 heteroatoms. The minimum Gasteiger partial charge on any atom is -0.316 e. The Bertz CT molecular complexity index is 574. The molecule has 7 nitrogen and oxygen atoms in total.